The van der Waals surface area contributed by atoms with E-state index in [1.807, 2.05) is 23.9 Å². The van der Waals surface area contributed by atoms with Crippen LogP contribution in [0, 0.1) is 0 Å². The normalized spacial score (nSPS) is 19.8. The lowest BCUT2D eigenvalue weighted by atomic mass is 10.0. The number of carbonyl (C=O) groups is 1. The fourth-order valence-corrected chi connectivity index (χ4v) is 3.07. The minimum atomic E-state index is 0.0787. The first-order valence-corrected chi connectivity index (χ1v) is 8.34. The Bertz CT molecular complexity index is 557. The van der Waals surface area contributed by atoms with E-state index in [-0.39, 0.29) is 5.91 Å². The van der Waals surface area contributed by atoms with Gasteiger partial charge < -0.3 is 9.80 Å². The Morgan fingerprint density at radius 1 is 1.17 bits per heavy atom. The molecule has 0 radical (unpaired) electrons. The molecule has 6 nitrogen and oxygen atoms in total. The maximum absolute atomic E-state index is 12.2. The van der Waals surface area contributed by atoms with Crippen molar-refractivity contribution < 1.29 is 4.79 Å². The predicted octanol–water partition coefficient (Wildman–Crippen LogP) is 1.25. The molecule has 3 heterocycles. The van der Waals surface area contributed by atoms with Crippen LogP contribution in [0.2, 0.25) is 0 Å². The van der Waals surface area contributed by atoms with E-state index in [1.165, 1.54) is 32.4 Å². The lowest BCUT2D eigenvalue weighted by Gasteiger charge is -2.46. The SMILES string of the molecule is CN(C)c1ncc(/C=C/C(=O)N2CC(N3CCCCC3)C2)cn1. The van der Waals surface area contributed by atoms with Crippen LogP contribution in [0.5, 0.6) is 0 Å². The number of amides is 1. The Balaban J connectivity index is 1.48. The van der Waals surface area contributed by atoms with Crippen LogP contribution in [-0.4, -0.2) is 72.0 Å². The number of hydrogen-bond acceptors (Lipinski definition) is 5. The Labute approximate surface area is 137 Å². The predicted molar refractivity (Wildman–Crippen MR) is 91.2 cm³/mol. The Morgan fingerprint density at radius 2 is 1.83 bits per heavy atom. The zero-order valence-electron chi connectivity index (χ0n) is 14.0. The van der Waals surface area contributed by atoms with Gasteiger partial charge in [-0.15, -0.1) is 0 Å². The molecule has 2 fully saturated rings. The van der Waals surface area contributed by atoms with Gasteiger partial charge in [0.25, 0.3) is 0 Å². The van der Waals surface area contributed by atoms with Crippen molar-refractivity contribution in [2.24, 2.45) is 0 Å². The summed E-state index contributed by atoms with van der Waals surface area (Å²) in [5.41, 5.74) is 0.844. The van der Waals surface area contributed by atoms with Crippen molar-refractivity contribution in [3.05, 3.63) is 24.0 Å². The van der Waals surface area contributed by atoms with Crippen molar-refractivity contribution in [1.29, 1.82) is 0 Å². The minimum Gasteiger partial charge on any atom is -0.347 e. The molecule has 0 saturated carbocycles. The molecule has 3 rings (SSSR count). The van der Waals surface area contributed by atoms with Crippen LogP contribution in [0.25, 0.3) is 6.08 Å². The molecule has 2 aliphatic rings. The lowest BCUT2D eigenvalue weighted by molar-refractivity contribution is -0.133. The maximum atomic E-state index is 12.2. The molecule has 0 spiro atoms. The first-order valence-electron chi connectivity index (χ1n) is 8.34. The van der Waals surface area contributed by atoms with E-state index in [4.69, 9.17) is 0 Å². The van der Waals surface area contributed by atoms with Gasteiger partial charge in [-0.3, -0.25) is 9.69 Å². The van der Waals surface area contributed by atoms with E-state index in [0.29, 0.717) is 12.0 Å². The van der Waals surface area contributed by atoms with Gasteiger partial charge in [-0.05, 0) is 32.0 Å². The summed E-state index contributed by atoms with van der Waals surface area (Å²) in [5, 5.41) is 0. The van der Waals surface area contributed by atoms with Gasteiger partial charge in [-0.25, -0.2) is 9.97 Å². The van der Waals surface area contributed by atoms with Crippen LogP contribution in [0.1, 0.15) is 24.8 Å². The van der Waals surface area contributed by atoms with Gasteiger partial charge >= 0.3 is 0 Å². The second kappa shape index (κ2) is 7.08. The Kier molecular flexibility index (Phi) is 4.91. The lowest BCUT2D eigenvalue weighted by Crippen LogP contribution is -2.61. The van der Waals surface area contributed by atoms with Crippen molar-refractivity contribution >= 4 is 17.9 Å². The number of likely N-dealkylation sites (tertiary alicyclic amines) is 2. The first-order chi connectivity index (χ1) is 11.1. The second-order valence-corrected chi connectivity index (χ2v) is 6.54. The quantitative estimate of drug-likeness (QED) is 0.783. The largest absolute Gasteiger partial charge is 0.347 e. The molecule has 0 bridgehead atoms. The van der Waals surface area contributed by atoms with Gasteiger partial charge in [-0.2, -0.15) is 0 Å². The molecular weight excluding hydrogens is 290 g/mol. The summed E-state index contributed by atoms with van der Waals surface area (Å²) >= 11 is 0. The average molecular weight is 315 g/mol. The standard InChI is InChI=1S/C17H25N5O/c1-20(2)17-18-10-14(11-19-17)6-7-16(23)22-12-15(13-22)21-8-4-3-5-9-21/h6-7,10-11,15H,3-5,8-9,12-13H2,1-2H3/b7-6+. The highest BCUT2D eigenvalue weighted by Gasteiger charge is 2.34. The van der Waals surface area contributed by atoms with Gasteiger partial charge in [0.05, 0.1) is 0 Å². The van der Waals surface area contributed by atoms with E-state index in [0.717, 1.165) is 18.7 Å². The topological polar surface area (TPSA) is 52.6 Å². The summed E-state index contributed by atoms with van der Waals surface area (Å²) in [7, 11) is 3.80. The summed E-state index contributed by atoms with van der Waals surface area (Å²) in [6.45, 7) is 4.11. The third-order valence-corrected chi connectivity index (χ3v) is 4.56. The summed E-state index contributed by atoms with van der Waals surface area (Å²) in [4.78, 5) is 26.9. The highest BCUT2D eigenvalue weighted by atomic mass is 16.2. The minimum absolute atomic E-state index is 0.0787. The van der Waals surface area contributed by atoms with Crippen molar-refractivity contribution in [3.63, 3.8) is 0 Å². The van der Waals surface area contributed by atoms with Crippen molar-refractivity contribution in [3.8, 4) is 0 Å². The van der Waals surface area contributed by atoms with E-state index < -0.39 is 0 Å². The monoisotopic (exact) mass is 315 g/mol. The maximum Gasteiger partial charge on any atom is 0.246 e. The van der Waals surface area contributed by atoms with Gasteiger partial charge in [-0.1, -0.05) is 6.42 Å². The summed E-state index contributed by atoms with van der Waals surface area (Å²) in [5.74, 6) is 0.746. The molecule has 1 aromatic rings. The zero-order chi connectivity index (χ0) is 16.2. The van der Waals surface area contributed by atoms with Crippen molar-refractivity contribution in [1.82, 2.24) is 19.8 Å². The first kappa shape index (κ1) is 15.9. The third-order valence-electron chi connectivity index (χ3n) is 4.56. The molecule has 23 heavy (non-hydrogen) atoms. The van der Waals surface area contributed by atoms with E-state index in [9.17, 15) is 4.79 Å². The van der Waals surface area contributed by atoms with Crippen LogP contribution in [0.3, 0.4) is 0 Å². The molecule has 2 saturated heterocycles. The number of piperidine rings is 1. The van der Waals surface area contributed by atoms with Crippen LogP contribution in [0.4, 0.5) is 5.95 Å². The summed E-state index contributed by atoms with van der Waals surface area (Å²) < 4.78 is 0. The average Bonchev–Trinajstić information content (AvgIpc) is 2.53. The molecule has 0 aliphatic carbocycles. The molecule has 124 valence electrons. The molecule has 0 atom stereocenters. The van der Waals surface area contributed by atoms with Crippen LogP contribution < -0.4 is 4.90 Å². The zero-order valence-corrected chi connectivity index (χ0v) is 14.0. The molecule has 2 aliphatic heterocycles. The number of nitrogens with zero attached hydrogens (tertiary/aromatic N) is 5. The van der Waals surface area contributed by atoms with Crippen LogP contribution in [0.15, 0.2) is 18.5 Å². The van der Waals surface area contributed by atoms with Crippen molar-refractivity contribution in [2.45, 2.75) is 25.3 Å². The van der Waals surface area contributed by atoms with Gasteiger partial charge in [0.2, 0.25) is 11.9 Å². The Hall–Kier alpha value is -1.95. The smallest absolute Gasteiger partial charge is 0.246 e. The van der Waals surface area contributed by atoms with E-state index in [2.05, 4.69) is 14.9 Å². The van der Waals surface area contributed by atoms with E-state index >= 15 is 0 Å². The third kappa shape index (κ3) is 3.88. The van der Waals surface area contributed by atoms with Crippen molar-refractivity contribution in [2.75, 3.05) is 45.2 Å². The number of rotatable bonds is 4. The highest BCUT2D eigenvalue weighted by Crippen LogP contribution is 2.20. The fraction of sp³-hybridized carbons (Fsp3) is 0.588. The fourth-order valence-electron chi connectivity index (χ4n) is 3.07. The van der Waals surface area contributed by atoms with Gasteiger partial charge in [0, 0.05) is 57.3 Å². The molecule has 1 aromatic heterocycles. The van der Waals surface area contributed by atoms with Crippen LogP contribution >= 0.6 is 0 Å². The molecule has 0 aromatic carbocycles. The summed E-state index contributed by atoms with van der Waals surface area (Å²) in [6, 6.07) is 0.565. The van der Waals surface area contributed by atoms with Gasteiger partial charge in [0.1, 0.15) is 0 Å². The number of anilines is 1. The molecule has 6 heteroatoms. The molecule has 0 unspecified atom stereocenters. The highest BCUT2D eigenvalue weighted by molar-refractivity contribution is 5.92. The van der Waals surface area contributed by atoms with Gasteiger partial charge in [0.15, 0.2) is 0 Å². The number of hydrogen-bond donors (Lipinski definition) is 0. The second-order valence-electron chi connectivity index (χ2n) is 6.54. The number of aromatic nitrogens is 2. The number of carbonyl (C=O) groups excluding carboxylic acids is 1. The Morgan fingerprint density at radius 3 is 2.43 bits per heavy atom. The van der Waals surface area contributed by atoms with Crippen LogP contribution in [-0.2, 0) is 4.79 Å². The molecule has 0 N–H and O–H groups in total. The molecule has 1 amide bonds. The molecular formula is C17H25N5O. The summed E-state index contributed by atoms with van der Waals surface area (Å²) in [6.07, 6.45) is 10.8. The van der Waals surface area contributed by atoms with E-state index in [1.54, 1.807) is 24.5 Å².